The van der Waals surface area contributed by atoms with E-state index in [4.69, 9.17) is 13.9 Å². The minimum atomic E-state index is -2.14. The summed E-state index contributed by atoms with van der Waals surface area (Å²) in [4.78, 5) is 11.6. The summed E-state index contributed by atoms with van der Waals surface area (Å²) >= 11 is 0. The van der Waals surface area contributed by atoms with Gasteiger partial charge in [0.05, 0.1) is 5.56 Å². The Morgan fingerprint density at radius 3 is 2.65 bits per heavy atom. The zero-order valence-electron chi connectivity index (χ0n) is 15.7. The Hall–Kier alpha value is -2.48. The van der Waals surface area contributed by atoms with Crippen molar-refractivity contribution in [3.63, 3.8) is 0 Å². The number of ether oxygens (including phenoxy) is 2. The fraction of sp³-hybridized carbons (Fsp3) is 0.444. The van der Waals surface area contributed by atoms with Crippen molar-refractivity contribution in [3.05, 3.63) is 35.0 Å². The van der Waals surface area contributed by atoms with E-state index in [1.54, 1.807) is 0 Å². The number of rotatable bonds is 5. The van der Waals surface area contributed by atoms with Gasteiger partial charge in [0.25, 0.3) is 8.32 Å². The second kappa shape index (κ2) is 6.35. The van der Waals surface area contributed by atoms with E-state index in [1.165, 1.54) is 0 Å². The van der Waals surface area contributed by atoms with Crippen LogP contribution in [0.15, 0.2) is 18.2 Å². The Bertz CT molecular complexity index is 839. The quantitative estimate of drug-likeness (QED) is 0.771. The first-order chi connectivity index (χ1) is 12.1. The van der Waals surface area contributed by atoms with Crippen molar-refractivity contribution in [3.8, 4) is 17.4 Å². The van der Waals surface area contributed by atoms with Gasteiger partial charge in [-0.15, -0.1) is 0 Å². The van der Waals surface area contributed by atoms with Crippen LogP contribution >= 0.6 is 0 Å². The maximum absolute atomic E-state index is 11.6. The fourth-order valence-electron chi connectivity index (χ4n) is 2.44. The van der Waals surface area contributed by atoms with Crippen LogP contribution in [0.1, 0.15) is 42.4 Å². The lowest BCUT2D eigenvalue weighted by Gasteiger charge is -2.36. The maximum atomic E-state index is 11.6. The summed E-state index contributed by atoms with van der Waals surface area (Å²) in [5.74, 6) is 0.709. The molecule has 0 radical (unpaired) electrons. The highest BCUT2D eigenvalue weighted by molar-refractivity contribution is 6.74. The molecule has 0 unspecified atom stereocenters. The highest BCUT2D eigenvalue weighted by Gasteiger charge is 2.40. The number of H-pyrrole nitrogens is 1. The van der Waals surface area contributed by atoms with Crippen molar-refractivity contribution < 1.29 is 23.8 Å². The van der Waals surface area contributed by atoms with Gasteiger partial charge in [-0.3, -0.25) is 0 Å². The predicted molar refractivity (Wildman–Crippen MR) is 98.7 cm³/mol. The summed E-state index contributed by atoms with van der Waals surface area (Å²) in [7, 11) is -2.14. The Morgan fingerprint density at radius 2 is 2.00 bits per heavy atom. The molecular weight excluding hydrogens is 352 g/mol. The molecule has 0 amide bonds. The smallest absolute Gasteiger partial charge is 0.356 e. The molecule has 0 saturated carbocycles. The number of hydrogen-bond donors (Lipinski definition) is 2. The summed E-state index contributed by atoms with van der Waals surface area (Å²) in [6.07, 6.45) is 0.374. The van der Waals surface area contributed by atoms with Crippen molar-refractivity contribution in [1.82, 2.24) is 10.2 Å². The van der Waals surface area contributed by atoms with Crippen LogP contribution in [0, 0.1) is 0 Å². The van der Waals surface area contributed by atoms with Crippen LogP contribution in [0.5, 0.6) is 17.4 Å². The zero-order chi connectivity index (χ0) is 19.1. The molecule has 8 heteroatoms. The van der Waals surface area contributed by atoms with Gasteiger partial charge in [0.2, 0.25) is 6.79 Å². The molecule has 1 aromatic heterocycles. The van der Waals surface area contributed by atoms with Crippen molar-refractivity contribution in [2.24, 2.45) is 0 Å². The molecule has 2 aromatic rings. The second-order valence-corrected chi connectivity index (χ2v) is 12.6. The number of hydrogen-bond acceptors (Lipinski definition) is 5. The number of nitrogens with one attached hydrogen (secondary N) is 1. The molecule has 0 aliphatic carbocycles. The number of carboxylic acid groups (broad SMARTS) is 1. The van der Waals surface area contributed by atoms with Crippen LogP contribution < -0.4 is 13.9 Å². The average molecular weight is 376 g/mol. The molecule has 0 spiro atoms. The molecule has 1 aromatic carbocycles. The Morgan fingerprint density at radius 1 is 1.31 bits per heavy atom. The van der Waals surface area contributed by atoms with E-state index >= 15 is 0 Å². The molecular formula is C18H24N2O5Si. The first-order valence-corrected chi connectivity index (χ1v) is 11.4. The molecule has 7 nitrogen and oxygen atoms in total. The van der Waals surface area contributed by atoms with Crippen molar-refractivity contribution in [2.75, 3.05) is 6.79 Å². The monoisotopic (exact) mass is 376 g/mol. The van der Waals surface area contributed by atoms with Crippen molar-refractivity contribution in [1.29, 1.82) is 0 Å². The third kappa shape index (κ3) is 3.41. The van der Waals surface area contributed by atoms with E-state index in [-0.39, 0.29) is 17.5 Å². The zero-order valence-corrected chi connectivity index (χ0v) is 16.7. The van der Waals surface area contributed by atoms with Gasteiger partial charge in [-0.05, 0) is 35.8 Å². The van der Waals surface area contributed by atoms with Crippen LogP contribution in [-0.2, 0) is 6.42 Å². The molecule has 0 saturated heterocycles. The van der Waals surface area contributed by atoms with E-state index < -0.39 is 14.3 Å². The molecule has 2 heterocycles. The Balaban J connectivity index is 1.95. The molecule has 0 atom stereocenters. The van der Waals surface area contributed by atoms with E-state index in [2.05, 4.69) is 44.1 Å². The number of aromatic carboxylic acids is 1. The first-order valence-electron chi connectivity index (χ1n) is 8.46. The number of fused-ring (bicyclic) bond motifs is 1. The van der Waals surface area contributed by atoms with Crippen LogP contribution in [0.25, 0.3) is 0 Å². The molecule has 2 N–H and O–H groups in total. The number of nitrogens with zero attached hydrogens (tertiary/aromatic N) is 1. The predicted octanol–water partition coefficient (Wildman–Crippen LogP) is 3.81. The summed E-state index contributed by atoms with van der Waals surface area (Å²) in [5.41, 5.74) is 1.43. The summed E-state index contributed by atoms with van der Waals surface area (Å²) in [5, 5.41) is 16.2. The minimum absolute atomic E-state index is 0.0164. The second-order valence-electron chi connectivity index (χ2n) is 7.91. The number of carboxylic acids is 1. The van der Waals surface area contributed by atoms with Crippen LogP contribution in [0.2, 0.25) is 18.1 Å². The van der Waals surface area contributed by atoms with Gasteiger partial charge in [0, 0.05) is 6.42 Å². The molecule has 140 valence electrons. The van der Waals surface area contributed by atoms with Gasteiger partial charge in [0.1, 0.15) is 0 Å². The maximum Gasteiger partial charge on any atom is 0.356 e. The van der Waals surface area contributed by atoms with Crippen LogP contribution in [0.3, 0.4) is 0 Å². The standard InChI is InChI=1S/C18H24N2O5Si/c1-18(2,3)26(4,5)25-16-12(15(17(21)22)19-20-16)8-11-6-7-13-14(9-11)24-10-23-13/h6-7,9H,8,10H2,1-5H3,(H,19,20)(H,21,22). The highest BCUT2D eigenvalue weighted by Crippen LogP contribution is 2.39. The number of aromatic nitrogens is 2. The summed E-state index contributed by atoms with van der Waals surface area (Å²) in [6.45, 7) is 10.8. The third-order valence-corrected chi connectivity index (χ3v) is 9.34. The highest BCUT2D eigenvalue weighted by atomic mass is 28.4. The lowest BCUT2D eigenvalue weighted by molar-refractivity contribution is 0.0689. The first kappa shape index (κ1) is 18.3. The lowest BCUT2D eigenvalue weighted by atomic mass is 10.0. The van der Waals surface area contributed by atoms with E-state index in [1.807, 2.05) is 18.2 Å². The average Bonchev–Trinajstić information content (AvgIpc) is 3.13. The van der Waals surface area contributed by atoms with E-state index in [0.29, 0.717) is 29.4 Å². The summed E-state index contributed by atoms with van der Waals surface area (Å²) in [6, 6.07) is 5.58. The van der Waals surface area contributed by atoms with E-state index in [0.717, 1.165) is 5.56 Å². The topological polar surface area (TPSA) is 93.7 Å². The molecule has 0 fully saturated rings. The lowest BCUT2D eigenvalue weighted by Crippen LogP contribution is -2.44. The van der Waals surface area contributed by atoms with Gasteiger partial charge >= 0.3 is 5.97 Å². The molecule has 0 bridgehead atoms. The van der Waals surface area contributed by atoms with Gasteiger partial charge in [-0.1, -0.05) is 26.8 Å². The van der Waals surface area contributed by atoms with E-state index in [9.17, 15) is 9.90 Å². The Kier molecular flexibility index (Phi) is 4.47. The van der Waals surface area contributed by atoms with Crippen LogP contribution in [-0.4, -0.2) is 36.4 Å². The SMILES string of the molecule is CC(C)(C)[Si](C)(C)Oc1[nH]nc(C(=O)O)c1Cc1ccc2c(c1)OCO2. The normalized spacial score (nSPS) is 13.7. The third-order valence-electron chi connectivity index (χ3n) is 5.01. The fourth-order valence-corrected chi connectivity index (χ4v) is 3.42. The largest absolute Gasteiger partial charge is 0.531 e. The molecule has 1 aliphatic heterocycles. The van der Waals surface area contributed by atoms with Crippen molar-refractivity contribution >= 4 is 14.3 Å². The molecule has 26 heavy (non-hydrogen) atoms. The van der Waals surface area contributed by atoms with Crippen LogP contribution in [0.4, 0.5) is 0 Å². The number of carbonyl (C=O) groups is 1. The van der Waals surface area contributed by atoms with Gasteiger partial charge in [-0.25, -0.2) is 9.89 Å². The van der Waals surface area contributed by atoms with Gasteiger partial charge < -0.3 is 19.0 Å². The summed E-state index contributed by atoms with van der Waals surface area (Å²) < 4.78 is 17.0. The Labute approximate surface area is 153 Å². The van der Waals surface area contributed by atoms with Crippen molar-refractivity contribution in [2.45, 2.75) is 45.3 Å². The molecule has 3 rings (SSSR count). The van der Waals surface area contributed by atoms with Gasteiger partial charge in [-0.2, -0.15) is 5.10 Å². The van der Waals surface area contributed by atoms with Gasteiger partial charge in [0.15, 0.2) is 23.1 Å². The number of benzene rings is 1. The molecule has 1 aliphatic rings. The minimum Gasteiger partial charge on any atom is -0.531 e. The number of aromatic amines is 1.